The number of Topliss-reactive ketones (excluding diaryl/α,β-unsaturated/α-hetero) is 1. The van der Waals surface area contributed by atoms with Crippen LogP contribution in [0, 0.1) is 0 Å². The van der Waals surface area contributed by atoms with Crippen molar-refractivity contribution in [3.05, 3.63) is 36.0 Å². The zero-order valence-electron chi connectivity index (χ0n) is 10.7. The van der Waals surface area contributed by atoms with E-state index in [2.05, 4.69) is 4.74 Å². The number of hydrogen-bond donors (Lipinski definition) is 0. The molecule has 5 nitrogen and oxygen atoms in total. The number of fused-ring (bicyclic) bond motifs is 1. The molecule has 2 aromatic rings. The summed E-state index contributed by atoms with van der Waals surface area (Å²) in [6.07, 6.45) is -0.393. The summed E-state index contributed by atoms with van der Waals surface area (Å²) in [4.78, 5) is 33.9. The van der Waals surface area contributed by atoms with E-state index in [1.165, 1.54) is 6.92 Å². The molecule has 5 heteroatoms. The van der Waals surface area contributed by atoms with E-state index in [1.54, 1.807) is 17.7 Å². The van der Waals surface area contributed by atoms with Gasteiger partial charge >= 0.3 is 11.9 Å². The zero-order valence-corrected chi connectivity index (χ0v) is 10.7. The van der Waals surface area contributed by atoms with Crippen LogP contribution >= 0.6 is 0 Å². The van der Waals surface area contributed by atoms with Crippen LogP contribution in [0.3, 0.4) is 0 Å². The molecule has 0 aliphatic heterocycles. The maximum Gasteiger partial charge on any atom is 0.362 e. The van der Waals surface area contributed by atoms with Crippen molar-refractivity contribution in [1.29, 1.82) is 0 Å². The topological polar surface area (TPSA) is 65.4 Å². The smallest absolute Gasteiger partial charge is 0.362 e. The van der Waals surface area contributed by atoms with E-state index in [1.807, 2.05) is 24.3 Å². The molecular formula is C14H13NO4. The highest BCUT2D eigenvalue weighted by Gasteiger charge is 2.18. The number of esters is 2. The van der Waals surface area contributed by atoms with E-state index < -0.39 is 18.4 Å². The summed E-state index contributed by atoms with van der Waals surface area (Å²) >= 11 is 0. The fourth-order valence-corrected chi connectivity index (χ4v) is 1.88. The predicted molar refractivity (Wildman–Crippen MR) is 68.6 cm³/mol. The van der Waals surface area contributed by atoms with Crippen molar-refractivity contribution in [3.8, 4) is 0 Å². The molecule has 0 atom stereocenters. The second-order valence-corrected chi connectivity index (χ2v) is 4.29. The van der Waals surface area contributed by atoms with Crippen LogP contribution in [0.2, 0.25) is 0 Å². The number of nitrogens with zero attached hydrogens (tertiary/aromatic N) is 1. The third-order valence-corrected chi connectivity index (χ3v) is 2.76. The molecule has 0 aliphatic rings. The quantitative estimate of drug-likeness (QED) is 0.623. The number of ether oxygens (including phenoxy) is 1. The van der Waals surface area contributed by atoms with Gasteiger partial charge in [0.05, 0.1) is 0 Å². The molecule has 0 fully saturated rings. The first-order valence-electron chi connectivity index (χ1n) is 5.78. The summed E-state index contributed by atoms with van der Waals surface area (Å²) < 4.78 is 6.29. The van der Waals surface area contributed by atoms with E-state index in [0.717, 1.165) is 10.9 Å². The molecule has 1 aromatic carbocycles. The number of hydrogen-bond acceptors (Lipinski definition) is 4. The van der Waals surface area contributed by atoms with E-state index >= 15 is 0 Å². The molecule has 0 saturated heterocycles. The van der Waals surface area contributed by atoms with Gasteiger partial charge in [0.15, 0.2) is 0 Å². The van der Waals surface area contributed by atoms with Gasteiger partial charge in [-0.2, -0.15) is 0 Å². The first-order chi connectivity index (χ1) is 8.99. The average molecular weight is 259 g/mol. The Bertz CT molecular complexity index is 669. The third-order valence-electron chi connectivity index (χ3n) is 2.76. The highest BCUT2D eigenvalue weighted by molar-refractivity contribution is 6.03. The summed E-state index contributed by atoms with van der Waals surface area (Å²) in [6.45, 7) is 1.27. The molecule has 0 radical (unpaired) electrons. The lowest BCUT2D eigenvalue weighted by Crippen LogP contribution is -2.17. The first kappa shape index (κ1) is 13.0. The summed E-state index contributed by atoms with van der Waals surface area (Å²) in [7, 11) is 1.72. The Labute approximate surface area is 109 Å². The summed E-state index contributed by atoms with van der Waals surface area (Å²) in [6, 6.07) is 9.10. The minimum atomic E-state index is -0.831. The van der Waals surface area contributed by atoms with Crippen molar-refractivity contribution < 1.29 is 19.1 Å². The highest BCUT2D eigenvalue weighted by atomic mass is 16.6. The molecular weight excluding hydrogens is 246 g/mol. The van der Waals surface area contributed by atoms with Crippen LogP contribution in [-0.4, -0.2) is 22.3 Å². The molecule has 0 bridgehead atoms. The predicted octanol–water partition coefficient (Wildman–Crippen LogP) is 1.84. The van der Waals surface area contributed by atoms with E-state index in [-0.39, 0.29) is 11.5 Å². The van der Waals surface area contributed by atoms with Gasteiger partial charge in [0, 0.05) is 18.0 Å². The minimum absolute atomic E-state index is 0.276. The summed E-state index contributed by atoms with van der Waals surface area (Å²) in [5.74, 6) is -1.91. The van der Waals surface area contributed by atoms with Gasteiger partial charge in [0.2, 0.25) is 0 Å². The number of aryl methyl sites for hydroxylation is 1. The van der Waals surface area contributed by atoms with Gasteiger partial charge < -0.3 is 9.30 Å². The van der Waals surface area contributed by atoms with Gasteiger partial charge in [-0.3, -0.25) is 9.59 Å². The Morgan fingerprint density at radius 2 is 1.89 bits per heavy atom. The number of carbonyl (C=O) groups excluding carboxylic acids is 3. The van der Waals surface area contributed by atoms with Crippen molar-refractivity contribution in [1.82, 2.24) is 4.57 Å². The molecule has 98 valence electrons. The van der Waals surface area contributed by atoms with Crippen molar-refractivity contribution in [2.45, 2.75) is 13.3 Å². The molecule has 0 unspecified atom stereocenters. The average Bonchev–Trinajstić information content (AvgIpc) is 2.66. The zero-order chi connectivity index (χ0) is 14.0. The Morgan fingerprint density at radius 3 is 2.53 bits per heavy atom. The van der Waals surface area contributed by atoms with Crippen molar-refractivity contribution in [2.24, 2.45) is 7.05 Å². The van der Waals surface area contributed by atoms with Crippen LogP contribution in [0.4, 0.5) is 0 Å². The molecule has 1 aromatic heterocycles. The van der Waals surface area contributed by atoms with Gasteiger partial charge in [-0.25, -0.2) is 4.79 Å². The number of para-hydroxylation sites is 1. The van der Waals surface area contributed by atoms with Gasteiger partial charge in [-0.1, -0.05) is 18.2 Å². The van der Waals surface area contributed by atoms with Crippen molar-refractivity contribution in [3.63, 3.8) is 0 Å². The lowest BCUT2D eigenvalue weighted by atomic mass is 10.2. The minimum Gasteiger partial charge on any atom is -0.388 e. The van der Waals surface area contributed by atoms with Crippen molar-refractivity contribution >= 4 is 28.6 Å². The molecule has 0 aliphatic carbocycles. The lowest BCUT2D eigenvalue weighted by Gasteiger charge is -2.03. The lowest BCUT2D eigenvalue weighted by molar-refractivity contribution is -0.140. The third kappa shape index (κ3) is 2.70. The Hall–Kier alpha value is -2.43. The van der Waals surface area contributed by atoms with Crippen LogP contribution in [0.1, 0.15) is 23.8 Å². The fraction of sp³-hybridized carbons (Fsp3) is 0.214. The molecule has 0 spiro atoms. The van der Waals surface area contributed by atoms with Crippen LogP contribution in [-0.2, 0) is 21.4 Å². The van der Waals surface area contributed by atoms with Gasteiger partial charge in [0.25, 0.3) is 0 Å². The SMILES string of the molecule is CC(=O)CC(=O)OC(=O)c1cc2ccccc2n1C. The number of ketones is 1. The first-order valence-corrected chi connectivity index (χ1v) is 5.78. The molecule has 19 heavy (non-hydrogen) atoms. The maximum absolute atomic E-state index is 11.9. The molecule has 0 amide bonds. The van der Waals surface area contributed by atoms with Gasteiger partial charge in [-0.05, 0) is 19.1 Å². The molecule has 0 N–H and O–H groups in total. The van der Waals surface area contributed by atoms with Crippen LogP contribution in [0.25, 0.3) is 10.9 Å². The highest BCUT2D eigenvalue weighted by Crippen LogP contribution is 2.18. The van der Waals surface area contributed by atoms with Crippen LogP contribution in [0.15, 0.2) is 30.3 Å². The standard InChI is InChI=1S/C14H13NO4/c1-9(16)7-13(17)19-14(18)12-8-10-5-3-4-6-11(10)15(12)2/h3-6,8H,7H2,1-2H3. The van der Waals surface area contributed by atoms with Crippen LogP contribution < -0.4 is 0 Å². The number of benzene rings is 1. The normalized spacial score (nSPS) is 10.4. The Morgan fingerprint density at radius 1 is 1.21 bits per heavy atom. The maximum atomic E-state index is 11.9. The van der Waals surface area contributed by atoms with Crippen molar-refractivity contribution in [2.75, 3.05) is 0 Å². The van der Waals surface area contributed by atoms with Gasteiger partial charge in [0.1, 0.15) is 17.9 Å². The number of carbonyl (C=O) groups is 3. The molecule has 0 saturated carbocycles. The summed E-state index contributed by atoms with van der Waals surface area (Å²) in [5, 5.41) is 0.885. The Balaban J connectivity index is 2.24. The summed E-state index contributed by atoms with van der Waals surface area (Å²) in [5.41, 5.74) is 1.14. The van der Waals surface area contributed by atoms with E-state index in [0.29, 0.717) is 0 Å². The van der Waals surface area contributed by atoms with E-state index in [4.69, 9.17) is 0 Å². The Kier molecular flexibility index (Phi) is 3.46. The monoisotopic (exact) mass is 259 g/mol. The number of aromatic nitrogens is 1. The molecule has 1 heterocycles. The van der Waals surface area contributed by atoms with E-state index in [9.17, 15) is 14.4 Å². The molecule has 2 rings (SSSR count). The van der Waals surface area contributed by atoms with Gasteiger partial charge in [-0.15, -0.1) is 0 Å². The number of rotatable bonds is 3. The fourth-order valence-electron chi connectivity index (χ4n) is 1.88. The second-order valence-electron chi connectivity index (χ2n) is 4.29. The second kappa shape index (κ2) is 5.06. The van der Waals surface area contributed by atoms with Crippen LogP contribution in [0.5, 0.6) is 0 Å². The largest absolute Gasteiger partial charge is 0.388 e.